The van der Waals surface area contributed by atoms with Crippen molar-refractivity contribution in [2.45, 2.75) is 24.2 Å². The lowest BCUT2D eigenvalue weighted by molar-refractivity contribution is -0.130. The Morgan fingerprint density at radius 3 is 2.48 bits per heavy atom. The third-order valence-electron chi connectivity index (χ3n) is 4.59. The Morgan fingerprint density at radius 2 is 1.80 bits per heavy atom. The van der Waals surface area contributed by atoms with Gasteiger partial charge in [-0.1, -0.05) is 18.2 Å². The third kappa shape index (κ3) is 5.41. The van der Waals surface area contributed by atoms with Crippen LogP contribution in [0.4, 0.5) is 0 Å². The van der Waals surface area contributed by atoms with Crippen molar-refractivity contribution in [2.24, 2.45) is 5.92 Å². The Labute approximate surface area is 156 Å². The van der Waals surface area contributed by atoms with Crippen molar-refractivity contribution < 1.29 is 13.2 Å². The lowest BCUT2D eigenvalue weighted by Gasteiger charge is -2.22. The van der Waals surface area contributed by atoms with Gasteiger partial charge in [0.1, 0.15) is 0 Å². The molecule has 6 nitrogen and oxygen atoms in total. The molecule has 140 valence electrons. The zero-order valence-corrected chi connectivity index (χ0v) is 15.9. The smallest absolute Gasteiger partial charge is 0.243 e. The summed E-state index contributed by atoms with van der Waals surface area (Å²) in [5, 5.41) is 3.21. The second kappa shape index (κ2) is 8.98. The third-order valence-corrected chi connectivity index (χ3v) is 6.51. The van der Waals surface area contributed by atoms with Crippen LogP contribution in [-0.4, -0.2) is 62.8 Å². The lowest BCUT2D eigenvalue weighted by atomic mass is 10.3. The Bertz CT molecular complexity index is 665. The van der Waals surface area contributed by atoms with Crippen LogP contribution in [0.2, 0.25) is 0 Å². The summed E-state index contributed by atoms with van der Waals surface area (Å²) in [4.78, 5) is 14.4. The van der Waals surface area contributed by atoms with Crippen molar-refractivity contribution in [3.8, 4) is 0 Å². The average molecular weight is 388 g/mol. The second-order valence-electron chi connectivity index (χ2n) is 6.53. The second-order valence-corrected chi connectivity index (χ2v) is 8.46. The van der Waals surface area contributed by atoms with Crippen LogP contribution in [0.15, 0.2) is 35.2 Å². The molecule has 1 saturated carbocycles. The van der Waals surface area contributed by atoms with Crippen molar-refractivity contribution in [2.75, 3.05) is 39.3 Å². The molecule has 0 aromatic heterocycles. The maximum absolute atomic E-state index is 12.7. The van der Waals surface area contributed by atoms with Crippen molar-refractivity contribution in [1.82, 2.24) is 14.5 Å². The summed E-state index contributed by atoms with van der Waals surface area (Å²) in [5.74, 6) is 0.808. The van der Waals surface area contributed by atoms with Gasteiger partial charge in [-0.2, -0.15) is 4.31 Å². The van der Waals surface area contributed by atoms with Gasteiger partial charge in [-0.3, -0.25) is 4.79 Å². The summed E-state index contributed by atoms with van der Waals surface area (Å²) >= 11 is 0. The highest BCUT2D eigenvalue weighted by molar-refractivity contribution is 7.89. The number of hydrogen-bond acceptors (Lipinski definition) is 4. The van der Waals surface area contributed by atoms with Gasteiger partial charge in [0, 0.05) is 26.2 Å². The van der Waals surface area contributed by atoms with Crippen molar-refractivity contribution in [3.05, 3.63) is 30.3 Å². The predicted molar refractivity (Wildman–Crippen MR) is 99.2 cm³/mol. The normalized spacial score (nSPS) is 19.1. The van der Waals surface area contributed by atoms with Crippen LogP contribution in [0.25, 0.3) is 0 Å². The van der Waals surface area contributed by atoms with E-state index in [1.807, 2.05) is 0 Å². The van der Waals surface area contributed by atoms with E-state index >= 15 is 0 Å². The minimum atomic E-state index is -3.47. The number of halogens is 1. The van der Waals surface area contributed by atoms with Crippen LogP contribution >= 0.6 is 12.4 Å². The largest absolute Gasteiger partial charge is 0.340 e. The molecule has 0 radical (unpaired) electrons. The predicted octanol–water partition coefficient (Wildman–Crippen LogP) is 1.33. The molecule has 1 aromatic carbocycles. The molecule has 1 aliphatic carbocycles. The molecule has 0 spiro atoms. The molecule has 0 bridgehead atoms. The molecule has 1 heterocycles. The van der Waals surface area contributed by atoms with Gasteiger partial charge >= 0.3 is 0 Å². The number of benzene rings is 1. The minimum absolute atomic E-state index is 0. The fourth-order valence-electron chi connectivity index (χ4n) is 2.94. The first kappa shape index (κ1) is 20.2. The van der Waals surface area contributed by atoms with Crippen molar-refractivity contribution in [3.63, 3.8) is 0 Å². The number of hydrogen-bond donors (Lipinski definition) is 1. The number of rotatable bonds is 6. The monoisotopic (exact) mass is 387 g/mol. The summed E-state index contributed by atoms with van der Waals surface area (Å²) < 4.78 is 26.9. The molecule has 0 unspecified atom stereocenters. The van der Waals surface area contributed by atoms with Crippen LogP contribution in [0.1, 0.15) is 19.3 Å². The summed E-state index contributed by atoms with van der Waals surface area (Å²) in [6.07, 6.45) is 3.19. The van der Waals surface area contributed by atoms with E-state index in [4.69, 9.17) is 0 Å². The summed E-state index contributed by atoms with van der Waals surface area (Å²) in [6.45, 7) is 3.14. The zero-order chi connectivity index (χ0) is 17.0. The van der Waals surface area contributed by atoms with E-state index < -0.39 is 10.0 Å². The molecule has 0 atom stereocenters. The van der Waals surface area contributed by atoms with E-state index in [2.05, 4.69) is 5.32 Å². The van der Waals surface area contributed by atoms with Gasteiger partial charge in [0.05, 0.1) is 11.4 Å². The van der Waals surface area contributed by atoms with E-state index in [0.717, 1.165) is 12.5 Å². The van der Waals surface area contributed by atoms with Crippen LogP contribution in [0, 0.1) is 5.92 Å². The molecule has 1 aliphatic heterocycles. The molecular weight excluding hydrogens is 362 g/mol. The molecule has 25 heavy (non-hydrogen) atoms. The topological polar surface area (TPSA) is 69.7 Å². The fourth-order valence-corrected chi connectivity index (χ4v) is 4.43. The highest BCUT2D eigenvalue weighted by atomic mass is 35.5. The summed E-state index contributed by atoms with van der Waals surface area (Å²) in [7, 11) is -3.47. The average Bonchev–Trinajstić information content (AvgIpc) is 3.41. The Kier molecular flexibility index (Phi) is 7.25. The Balaban J connectivity index is 0.00000225. The first-order valence-corrected chi connectivity index (χ1v) is 10.0. The van der Waals surface area contributed by atoms with Gasteiger partial charge in [0.25, 0.3) is 0 Å². The molecule has 8 heteroatoms. The standard InChI is InChI=1S/C17H25N3O3S.ClH/c21-17(14-18-13-15-7-8-15)19-9-4-10-20(12-11-19)24(22,23)16-5-2-1-3-6-16;/h1-3,5-6,15,18H,4,7-14H2;1H. The van der Waals surface area contributed by atoms with Crippen molar-refractivity contribution in [1.29, 1.82) is 0 Å². The molecule has 3 rings (SSSR count). The number of carbonyl (C=O) groups excluding carboxylic acids is 1. The maximum Gasteiger partial charge on any atom is 0.243 e. The maximum atomic E-state index is 12.7. The van der Waals surface area contributed by atoms with E-state index in [0.29, 0.717) is 44.0 Å². The fraction of sp³-hybridized carbons (Fsp3) is 0.588. The summed E-state index contributed by atoms with van der Waals surface area (Å²) in [6, 6.07) is 8.49. The Hall–Kier alpha value is -1.15. The molecule has 1 amide bonds. The summed E-state index contributed by atoms with van der Waals surface area (Å²) in [5.41, 5.74) is 0. The van der Waals surface area contributed by atoms with Crippen LogP contribution < -0.4 is 5.32 Å². The van der Waals surface area contributed by atoms with Gasteiger partial charge in [0.15, 0.2) is 0 Å². The first-order valence-electron chi connectivity index (χ1n) is 8.61. The van der Waals surface area contributed by atoms with Crippen molar-refractivity contribution >= 4 is 28.3 Å². The lowest BCUT2D eigenvalue weighted by Crippen LogP contribution is -2.41. The number of carbonyl (C=O) groups is 1. The van der Waals surface area contributed by atoms with Gasteiger partial charge in [-0.05, 0) is 43.9 Å². The van der Waals surface area contributed by atoms with Gasteiger partial charge in [-0.25, -0.2) is 8.42 Å². The SMILES string of the molecule is Cl.O=C(CNCC1CC1)N1CCCN(S(=O)(=O)c2ccccc2)CC1. The van der Waals surface area contributed by atoms with Crippen LogP contribution in [-0.2, 0) is 14.8 Å². The van der Waals surface area contributed by atoms with Gasteiger partial charge in [0.2, 0.25) is 15.9 Å². The van der Waals surface area contributed by atoms with E-state index in [1.165, 1.54) is 17.1 Å². The highest BCUT2D eigenvalue weighted by Crippen LogP contribution is 2.27. The zero-order valence-electron chi connectivity index (χ0n) is 14.3. The minimum Gasteiger partial charge on any atom is -0.340 e. The van der Waals surface area contributed by atoms with Crippen LogP contribution in [0.5, 0.6) is 0 Å². The number of nitrogens with one attached hydrogen (secondary N) is 1. The number of nitrogens with zero attached hydrogens (tertiary/aromatic N) is 2. The Morgan fingerprint density at radius 1 is 1.08 bits per heavy atom. The number of amides is 1. The first-order chi connectivity index (χ1) is 11.6. The van der Waals surface area contributed by atoms with Crippen LogP contribution in [0.3, 0.4) is 0 Å². The van der Waals surface area contributed by atoms with E-state index in [-0.39, 0.29) is 18.3 Å². The number of sulfonamides is 1. The van der Waals surface area contributed by atoms with Gasteiger partial charge < -0.3 is 10.2 Å². The quantitative estimate of drug-likeness (QED) is 0.799. The molecule has 2 fully saturated rings. The molecule has 1 saturated heterocycles. The van der Waals surface area contributed by atoms with E-state index in [9.17, 15) is 13.2 Å². The van der Waals surface area contributed by atoms with E-state index in [1.54, 1.807) is 35.2 Å². The molecular formula is C17H26ClN3O3S. The highest BCUT2D eigenvalue weighted by Gasteiger charge is 2.28. The molecule has 2 aliphatic rings. The van der Waals surface area contributed by atoms with Gasteiger partial charge in [-0.15, -0.1) is 12.4 Å². The molecule has 1 N–H and O–H groups in total. The molecule has 1 aromatic rings.